The lowest BCUT2D eigenvalue weighted by Crippen LogP contribution is -2.16. The Morgan fingerprint density at radius 3 is 2.62 bits per heavy atom. The Hall–Kier alpha value is -1.52. The summed E-state index contributed by atoms with van der Waals surface area (Å²) in [4.78, 5) is 23.5. The molecule has 0 atom stereocenters. The van der Waals surface area contributed by atoms with Gasteiger partial charge in [-0.25, -0.2) is 8.78 Å². The van der Waals surface area contributed by atoms with Crippen LogP contribution in [0.2, 0.25) is 0 Å². The van der Waals surface area contributed by atoms with Crippen molar-refractivity contribution in [2.75, 3.05) is 0 Å². The smallest absolute Gasteiger partial charge is 0.269 e. The van der Waals surface area contributed by atoms with E-state index in [4.69, 9.17) is 0 Å². The highest BCUT2D eigenvalue weighted by Crippen LogP contribution is 2.17. The number of hydrogen-bond acceptors (Lipinski definition) is 2. The van der Waals surface area contributed by atoms with Gasteiger partial charge in [0.2, 0.25) is 0 Å². The Labute approximate surface area is 72.4 Å². The number of aromatic amines is 1. The summed E-state index contributed by atoms with van der Waals surface area (Å²) in [5.41, 5.74) is -1.54. The molecular weight excluding hydrogens is 180 g/mol. The Bertz CT molecular complexity index is 384. The van der Waals surface area contributed by atoms with Gasteiger partial charge in [-0.15, -0.1) is 0 Å². The van der Waals surface area contributed by atoms with E-state index in [1.54, 1.807) is 0 Å². The van der Waals surface area contributed by atoms with Crippen molar-refractivity contribution in [3.63, 3.8) is 0 Å². The fourth-order valence-electron chi connectivity index (χ4n) is 1.05. The number of pyridine rings is 1. The van der Waals surface area contributed by atoms with Gasteiger partial charge < -0.3 is 4.98 Å². The first-order chi connectivity index (χ1) is 6.06. The van der Waals surface area contributed by atoms with Crippen molar-refractivity contribution in [1.82, 2.24) is 4.98 Å². The van der Waals surface area contributed by atoms with Crippen LogP contribution < -0.4 is 5.56 Å². The van der Waals surface area contributed by atoms with Crippen LogP contribution in [0, 0.1) is 6.92 Å². The predicted octanol–water partition coefficient (Wildman–Crippen LogP) is 1.43. The van der Waals surface area contributed by atoms with Crippen molar-refractivity contribution >= 4 is 6.29 Å². The van der Waals surface area contributed by atoms with Gasteiger partial charge >= 0.3 is 0 Å². The lowest BCUT2D eigenvalue weighted by molar-refractivity contribution is 0.110. The molecule has 1 aromatic heterocycles. The lowest BCUT2D eigenvalue weighted by atomic mass is 10.1. The molecule has 0 aliphatic carbocycles. The van der Waals surface area contributed by atoms with Crippen molar-refractivity contribution in [2.45, 2.75) is 13.3 Å². The molecule has 0 amide bonds. The van der Waals surface area contributed by atoms with Gasteiger partial charge in [0.05, 0.1) is 5.56 Å². The second-order valence-electron chi connectivity index (χ2n) is 2.57. The van der Waals surface area contributed by atoms with Crippen LogP contribution in [-0.4, -0.2) is 11.3 Å². The van der Waals surface area contributed by atoms with Crippen LogP contribution in [0.4, 0.5) is 8.78 Å². The molecule has 13 heavy (non-hydrogen) atoms. The number of aryl methyl sites for hydroxylation is 1. The predicted molar refractivity (Wildman–Crippen MR) is 42.1 cm³/mol. The number of halogens is 2. The molecule has 0 saturated carbocycles. The zero-order valence-corrected chi connectivity index (χ0v) is 6.80. The number of nitrogens with one attached hydrogen (secondary N) is 1. The van der Waals surface area contributed by atoms with Crippen LogP contribution >= 0.6 is 0 Å². The van der Waals surface area contributed by atoms with Crippen LogP contribution in [0.3, 0.4) is 0 Å². The molecule has 0 unspecified atom stereocenters. The SMILES string of the molecule is Cc1cc(C=O)c(C(F)F)c(=O)[nH]1. The van der Waals surface area contributed by atoms with Crippen LogP contribution in [-0.2, 0) is 0 Å². The number of alkyl halides is 2. The molecule has 1 rings (SSSR count). The quantitative estimate of drug-likeness (QED) is 0.712. The van der Waals surface area contributed by atoms with Crippen molar-refractivity contribution < 1.29 is 13.6 Å². The van der Waals surface area contributed by atoms with Crippen LogP contribution in [0.25, 0.3) is 0 Å². The Balaban J connectivity index is 3.47. The molecule has 0 spiro atoms. The van der Waals surface area contributed by atoms with Crippen LogP contribution in [0.15, 0.2) is 10.9 Å². The van der Waals surface area contributed by atoms with Gasteiger partial charge in [-0.3, -0.25) is 9.59 Å². The average molecular weight is 187 g/mol. The van der Waals surface area contributed by atoms with Gasteiger partial charge in [0, 0.05) is 11.3 Å². The van der Waals surface area contributed by atoms with Crippen molar-refractivity contribution in [3.8, 4) is 0 Å². The topological polar surface area (TPSA) is 49.9 Å². The summed E-state index contributed by atoms with van der Waals surface area (Å²) in [6, 6.07) is 1.22. The highest BCUT2D eigenvalue weighted by molar-refractivity contribution is 5.77. The number of rotatable bonds is 2. The molecule has 0 bridgehead atoms. The van der Waals surface area contributed by atoms with Gasteiger partial charge in [-0.05, 0) is 13.0 Å². The fraction of sp³-hybridized carbons (Fsp3) is 0.250. The van der Waals surface area contributed by atoms with Crippen molar-refractivity contribution in [3.05, 3.63) is 33.2 Å². The number of hydrogen-bond donors (Lipinski definition) is 1. The molecule has 0 fully saturated rings. The molecule has 3 nitrogen and oxygen atoms in total. The normalized spacial score (nSPS) is 10.5. The van der Waals surface area contributed by atoms with Gasteiger partial charge in [0.1, 0.15) is 0 Å². The molecule has 1 N–H and O–H groups in total. The minimum absolute atomic E-state index is 0.253. The van der Waals surface area contributed by atoms with Crippen LogP contribution in [0.5, 0.6) is 0 Å². The number of aromatic nitrogens is 1. The molecule has 0 aliphatic rings. The first-order valence-corrected chi connectivity index (χ1v) is 3.53. The van der Waals surface area contributed by atoms with E-state index in [0.29, 0.717) is 5.69 Å². The molecular formula is C8H7F2NO2. The minimum Gasteiger partial charge on any atom is -0.326 e. The maximum atomic E-state index is 12.2. The Morgan fingerprint density at radius 1 is 1.54 bits per heavy atom. The maximum absolute atomic E-state index is 12.2. The van der Waals surface area contributed by atoms with E-state index < -0.39 is 17.5 Å². The highest BCUT2D eigenvalue weighted by atomic mass is 19.3. The van der Waals surface area contributed by atoms with E-state index in [9.17, 15) is 18.4 Å². The van der Waals surface area contributed by atoms with Gasteiger partial charge in [-0.1, -0.05) is 0 Å². The lowest BCUT2D eigenvalue weighted by Gasteiger charge is -2.02. The van der Waals surface area contributed by atoms with E-state index in [0.717, 1.165) is 0 Å². The molecule has 1 aromatic rings. The van der Waals surface area contributed by atoms with E-state index in [2.05, 4.69) is 4.98 Å². The number of carbonyl (C=O) groups is 1. The molecule has 0 aromatic carbocycles. The summed E-state index contributed by atoms with van der Waals surface area (Å²) in [5.74, 6) is 0. The zero-order chi connectivity index (χ0) is 10.0. The molecule has 0 radical (unpaired) electrons. The third-order valence-corrected chi connectivity index (χ3v) is 1.58. The fourth-order valence-corrected chi connectivity index (χ4v) is 1.05. The molecule has 0 saturated heterocycles. The van der Waals surface area contributed by atoms with E-state index in [1.165, 1.54) is 13.0 Å². The summed E-state index contributed by atoms with van der Waals surface area (Å²) in [7, 11) is 0. The number of carbonyl (C=O) groups excluding carboxylic acids is 1. The zero-order valence-electron chi connectivity index (χ0n) is 6.80. The summed E-state index contributed by atoms with van der Waals surface area (Å²) in [5, 5.41) is 0. The third-order valence-electron chi connectivity index (χ3n) is 1.58. The summed E-state index contributed by atoms with van der Waals surface area (Å²) >= 11 is 0. The van der Waals surface area contributed by atoms with Crippen molar-refractivity contribution in [2.24, 2.45) is 0 Å². The largest absolute Gasteiger partial charge is 0.326 e. The summed E-state index contributed by atoms with van der Waals surface area (Å²) < 4.78 is 24.5. The van der Waals surface area contributed by atoms with Gasteiger partial charge in [-0.2, -0.15) is 0 Å². The average Bonchev–Trinajstić information content (AvgIpc) is 2.01. The molecule has 0 aliphatic heterocycles. The van der Waals surface area contributed by atoms with Crippen LogP contribution in [0.1, 0.15) is 28.0 Å². The third kappa shape index (κ3) is 1.80. The van der Waals surface area contributed by atoms with Gasteiger partial charge in [0.15, 0.2) is 6.29 Å². The highest BCUT2D eigenvalue weighted by Gasteiger charge is 2.17. The first-order valence-electron chi connectivity index (χ1n) is 3.53. The Morgan fingerprint density at radius 2 is 2.15 bits per heavy atom. The Kier molecular flexibility index (Phi) is 2.55. The monoisotopic (exact) mass is 187 g/mol. The second-order valence-corrected chi connectivity index (χ2v) is 2.57. The molecule has 1 heterocycles. The molecule has 70 valence electrons. The second kappa shape index (κ2) is 3.47. The molecule has 5 heteroatoms. The number of aldehydes is 1. The van der Waals surface area contributed by atoms with Crippen molar-refractivity contribution in [1.29, 1.82) is 0 Å². The van der Waals surface area contributed by atoms with E-state index in [-0.39, 0.29) is 11.8 Å². The summed E-state index contributed by atoms with van der Waals surface area (Å²) in [6.07, 6.45) is -2.67. The van der Waals surface area contributed by atoms with E-state index in [1.807, 2.05) is 0 Å². The summed E-state index contributed by atoms with van der Waals surface area (Å²) in [6.45, 7) is 1.52. The maximum Gasteiger partial charge on any atom is 0.269 e. The minimum atomic E-state index is -2.93. The first kappa shape index (κ1) is 9.57. The number of H-pyrrole nitrogens is 1. The standard InChI is InChI=1S/C8H7F2NO2/c1-4-2-5(3-12)6(7(9)10)8(13)11-4/h2-3,7H,1H3,(H,11,13). The van der Waals surface area contributed by atoms with E-state index >= 15 is 0 Å². The van der Waals surface area contributed by atoms with Gasteiger partial charge in [0.25, 0.3) is 12.0 Å².